The van der Waals surface area contributed by atoms with Gasteiger partial charge < -0.3 is 4.52 Å². The van der Waals surface area contributed by atoms with Gasteiger partial charge in [0.1, 0.15) is 0 Å². The standard InChI is InChI=1S/C22H29NO/c1-14(2)17-11-19-20(22(6,7)13-21(19,4)5)12-18(17)15(3)10-16-8-9-23-24-16/h8-12,14H,13H2,1-7H3. The van der Waals surface area contributed by atoms with Crippen LogP contribution in [-0.2, 0) is 10.8 Å². The summed E-state index contributed by atoms with van der Waals surface area (Å²) in [5.74, 6) is 1.30. The lowest BCUT2D eigenvalue weighted by Crippen LogP contribution is -2.18. The lowest BCUT2D eigenvalue weighted by Gasteiger charge is -2.22. The summed E-state index contributed by atoms with van der Waals surface area (Å²) in [4.78, 5) is 0. The van der Waals surface area contributed by atoms with Gasteiger partial charge in [0.05, 0.1) is 6.20 Å². The van der Waals surface area contributed by atoms with E-state index in [0.717, 1.165) is 5.76 Å². The molecule has 0 spiro atoms. The van der Waals surface area contributed by atoms with E-state index in [1.54, 1.807) is 6.20 Å². The van der Waals surface area contributed by atoms with Crippen LogP contribution in [0.15, 0.2) is 28.9 Å². The Bertz CT molecular complexity index is 777. The third-order valence-corrected chi connectivity index (χ3v) is 5.40. The molecule has 0 amide bonds. The molecule has 0 fully saturated rings. The monoisotopic (exact) mass is 323 g/mol. The van der Waals surface area contributed by atoms with E-state index in [0.29, 0.717) is 5.92 Å². The van der Waals surface area contributed by atoms with Gasteiger partial charge in [0.25, 0.3) is 0 Å². The lowest BCUT2D eigenvalue weighted by molar-refractivity contribution is 0.403. The van der Waals surface area contributed by atoms with Crippen molar-refractivity contribution in [2.45, 2.75) is 71.6 Å². The zero-order chi connectivity index (χ0) is 17.7. The highest BCUT2D eigenvalue weighted by atomic mass is 16.5. The summed E-state index contributed by atoms with van der Waals surface area (Å²) in [6, 6.07) is 6.79. The molecule has 0 N–H and O–H groups in total. The van der Waals surface area contributed by atoms with E-state index in [-0.39, 0.29) is 10.8 Å². The molecule has 0 bridgehead atoms. The second kappa shape index (κ2) is 5.61. The van der Waals surface area contributed by atoms with Crippen LogP contribution in [0.5, 0.6) is 0 Å². The molecule has 0 aliphatic heterocycles. The summed E-state index contributed by atoms with van der Waals surface area (Å²) in [5.41, 5.74) is 7.47. The molecule has 1 aromatic heterocycles. The average Bonchev–Trinajstić information content (AvgIpc) is 3.02. The van der Waals surface area contributed by atoms with E-state index in [2.05, 4.69) is 71.8 Å². The van der Waals surface area contributed by atoms with E-state index < -0.39 is 0 Å². The van der Waals surface area contributed by atoms with E-state index >= 15 is 0 Å². The van der Waals surface area contributed by atoms with Crippen LogP contribution < -0.4 is 0 Å². The summed E-state index contributed by atoms with van der Waals surface area (Å²) in [5, 5.41) is 3.81. The highest BCUT2D eigenvalue weighted by Crippen LogP contribution is 2.51. The molecule has 0 saturated carbocycles. The van der Waals surface area contributed by atoms with Crippen LogP contribution in [0, 0.1) is 0 Å². The number of aromatic nitrogens is 1. The predicted octanol–water partition coefficient (Wildman–Crippen LogP) is 6.32. The van der Waals surface area contributed by atoms with Crippen LogP contribution in [0.1, 0.15) is 88.8 Å². The fraction of sp³-hybridized carbons (Fsp3) is 0.500. The Labute approximate surface area is 146 Å². The number of rotatable bonds is 3. The van der Waals surface area contributed by atoms with Crippen molar-refractivity contribution in [2.75, 3.05) is 0 Å². The molecule has 0 atom stereocenters. The first-order valence-corrected chi connectivity index (χ1v) is 8.90. The van der Waals surface area contributed by atoms with Gasteiger partial charge in [-0.3, -0.25) is 0 Å². The Hall–Kier alpha value is -1.83. The second-order valence-electron chi connectivity index (χ2n) is 8.83. The van der Waals surface area contributed by atoms with Crippen molar-refractivity contribution in [3.63, 3.8) is 0 Å². The van der Waals surface area contributed by atoms with E-state index in [1.807, 2.05) is 6.07 Å². The maximum Gasteiger partial charge on any atom is 0.159 e. The minimum atomic E-state index is 0.218. The van der Waals surface area contributed by atoms with Gasteiger partial charge in [0, 0.05) is 6.07 Å². The molecule has 1 heterocycles. The van der Waals surface area contributed by atoms with E-state index in [1.165, 1.54) is 34.2 Å². The smallest absolute Gasteiger partial charge is 0.159 e. The van der Waals surface area contributed by atoms with Crippen LogP contribution in [0.3, 0.4) is 0 Å². The van der Waals surface area contributed by atoms with Crippen molar-refractivity contribution < 1.29 is 4.52 Å². The predicted molar refractivity (Wildman–Crippen MR) is 101 cm³/mol. The number of fused-ring (bicyclic) bond motifs is 1. The van der Waals surface area contributed by atoms with Crippen LogP contribution in [0.4, 0.5) is 0 Å². The van der Waals surface area contributed by atoms with Gasteiger partial charge in [-0.25, -0.2) is 0 Å². The molecule has 3 rings (SSSR count). The number of nitrogens with zero attached hydrogens (tertiary/aromatic N) is 1. The first-order valence-electron chi connectivity index (χ1n) is 8.90. The first kappa shape index (κ1) is 17.0. The topological polar surface area (TPSA) is 26.0 Å². The fourth-order valence-corrected chi connectivity index (χ4v) is 4.44. The quantitative estimate of drug-likeness (QED) is 0.661. The van der Waals surface area contributed by atoms with Crippen molar-refractivity contribution in [1.29, 1.82) is 0 Å². The Morgan fingerprint density at radius 2 is 1.75 bits per heavy atom. The number of hydrogen-bond donors (Lipinski definition) is 0. The fourth-order valence-electron chi connectivity index (χ4n) is 4.44. The van der Waals surface area contributed by atoms with Crippen LogP contribution >= 0.6 is 0 Å². The van der Waals surface area contributed by atoms with E-state index in [4.69, 9.17) is 4.52 Å². The molecule has 1 aromatic carbocycles. The first-order chi connectivity index (χ1) is 11.1. The van der Waals surface area contributed by atoms with Crippen LogP contribution in [0.25, 0.3) is 11.6 Å². The van der Waals surface area contributed by atoms with Gasteiger partial charge in [-0.15, -0.1) is 0 Å². The van der Waals surface area contributed by atoms with Gasteiger partial charge >= 0.3 is 0 Å². The molecule has 2 heteroatoms. The zero-order valence-electron chi connectivity index (χ0n) is 16.0. The summed E-state index contributed by atoms with van der Waals surface area (Å²) < 4.78 is 5.27. The highest BCUT2D eigenvalue weighted by Gasteiger charge is 2.42. The van der Waals surface area contributed by atoms with Crippen molar-refractivity contribution in [3.05, 3.63) is 52.4 Å². The minimum Gasteiger partial charge on any atom is -0.357 e. The summed E-state index contributed by atoms with van der Waals surface area (Å²) >= 11 is 0. The molecule has 1 aliphatic rings. The largest absolute Gasteiger partial charge is 0.357 e. The molecule has 2 aromatic rings. The third kappa shape index (κ3) is 2.83. The Morgan fingerprint density at radius 3 is 2.29 bits per heavy atom. The summed E-state index contributed by atoms with van der Waals surface area (Å²) in [6.45, 7) is 16.2. The van der Waals surface area contributed by atoms with Crippen molar-refractivity contribution >= 4 is 11.6 Å². The molecule has 2 nitrogen and oxygen atoms in total. The van der Waals surface area contributed by atoms with Crippen molar-refractivity contribution in [2.24, 2.45) is 0 Å². The number of allylic oxidation sites excluding steroid dienone is 1. The molecule has 0 unspecified atom stereocenters. The number of benzene rings is 1. The molecule has 128 valence electrons. The third-order valence-electron chi connectivity index (χ3n) is 5.40. The van der Waals surface area contributed by atoms with E-state index in [9.17, 15) is 0 Å². The molecule has 0 radical (unpaired) electrons. The maximum atomic E-state index is 5.27. The number of hydrogen-bond acceptors (Lipinski definition) is 2. The summed E-state index contributed by atoms with van der Waals surface area (Å²) in [7, 11) is 0. The molecular formula is C22H29NO. The van der Waals surface area contributed by atoms with Crippen molar-refractivity contribution in [1.82, 2.24) is 5.16 Å². The Morgan fingerprint density at radius 1 is 1.12 bits per heavy atom. The maximum absolute atomic E-state index is 5.27. The summed E-state index contributed by atoms with van der Waals surface area (Å²) in [6.07, 6.45) is 4.98. The molecule has 24 heavy (non-hydrogen) atoms. The van der Waals surface area contributed by atoms with Crippen LogP contribution in [-0.4, -0.2) is 5.16 Å². The minimum absolute atomic E-state index is 0.218. The van der Waals surface area contributed by atoms with Crippen LogP contribution in [0.2, 0.25) is 0 Å². The zero-order valence-corrected chi connectivity index (χ0v) is 16.0. The van der Waals surface area contributed by atoms with Gasteiger partial charge in [-0.1, -0.05) is 58.8 Å². The Kier molecular flexibility index (Phi) is 3.98. The van der Waals surface area contributed by atoms with Gasteiger partial charge in [0.2, 0.25) is 0 Å². The SMILES string of the molecule is CC(=Cc1ccno1)c1cc2c(cc1C(C)C)C(C)(C)CC2(C)C. The molecular weight excluding hydrogens is 294 g/mol. The normalized spacial score (nSPS) is 18.9. The van der Waals surface area contributed by atoms with Gasteiger partial charge in [-0.05, 0) is 64.0 Å². The molecule has 0 saturated heterocycles. The highest BCUT2D eigenvalue weighted by molar-refractivity contribution is 5.81. The van der Waals surface area contributed by atoms with Gasteiger partial charge in [-0.2, -0.15) is 0 Å². The lowest BCUT2D eigenvalue weighted by atomic mass is 9.82. The molecule has 1 aliphatic carbocycles. The second-order valence-corrected chi connectivity index (χ2v) is 8.83. The average molecular weight is 323 g/mol. The Balaban J connectivity index is 2.20. The van der Waals surface area contributed by atoms with Crippen molar-refractivity contribution in [3.8, 4) is 0 Å². The van der Waals surface area contributed by atoms with Gasteiger partial charge in [0.15, 0.2) is 5.76 Å².